The van der Waals surface area contributed by atoms with E-state index >= 15 is 0 Å². The number of aromatic nitrogens is 1. The third kappa shape index (κ3) is 5.18. The van der Waals surface area contributed by atoms with Gasteiger partial charge in [-0.2, -0.15) is 0 Å². The summed E-state index contributed by atoms with van der Waals surface area (Å²) in [5, 5.41) is 4.61. The van der Waals surface area contributed by atoms with E-state index in [1.54, 1.807) is 7.11 Å². The lowest BCUT2D eigenvalue weighted by Gasteiger charge is -2.29. The summed E-state index contributed by atoms with van der Waals surface area (Å²) in [6.07, 6.45) is 4.67. The normalized spacial score (nSPS) is 18.0. The molecule has 2 rings (SSSR count). The van der Waals surface area contributed by atoms with E-state index in [0.29, 0.717) is 0 Å². The average Bonchev–Trinajstić information content (AvgIpc) is 2.85. The van der Waals surface area contributed by atoms with Crippen molar-refractivity contribution in [1.29, 1.82) is 0 Å². The largest absolute Gasteiger partial charge is 0.383 e. The molecule has 0 amide bonds. The van der Waals surface area contributed by atoms with Gasteiger partial charge in [-0.05, 0) is 31.8 Å². The molecule has 5 heteroatoms. The van der Waals surface area contributed by atoms with Gasteiger partial charge in [-0.1, -0.05) is 6.92 Å². The van der Waals surface area contributed by atoms with Crippen LogP contribution in [0.5, 0.6) is 0 Å². The molecule has 0 bridgehead atoms. The molecule has 1 saturated heterocycles. The molecule has 108 valence electrons. The molecule has 0 spiro atoms. The van der Waals surface area contributed by atoms with Crippen molar-refractivity contribution in [1.82, 2.24) is 15.2 Å². The Morgan fingerprint density at radius 3 is 3.00 bits per heavy atom. The first-order chi connectivity index (χ1) is 9.28. The summed E-state index contributed by atoms with van der Waals surface area (Å²) in [5.74, 6) is 0.896. The SMILES string of the molecule is COCCNCc1cnc(CN2CCC(C)CC2)s1. The molecular weight excluding hydrogens is 258 g/mol. The molecule has 19 heavy (non-hydrogen) atoms. The molecule has 0 unspecified atom stereocenters. The zero-order chi connectivity index (χ0) is 13.5. The highest BCUT2D eigenvalue weighted by Crippen LogP contribution is 2.20. The van der Waals surface area contributed by atoms with Gasteiger partial charge in [0.05, 0.1) is 13.2 Å². The monoisotopic (exact) mass is 283 g/mol. The van der Waals surface area contributed by atoms with Gasteiger partial charge < -0.3 is 10.1 Å². The van der Waals surface area contributed by atoms with Crippen LogP contribution in [0.3, 0.4) is 0 Å². The minimum atomic E-state index is 0.762. The molecule has 0 radical (unpaired) electrons. The Morgan fingerprint density at radius 1 is 1.47 bits per heavy atom. The summed E-state index contributed by atoms with van der Waals surface area (Å²) in [6.45, 7) is 8.38. The number of hydrogen-bond donors (Lipinski definition) is 1. The zero-order valence-electron chi connectivity index (χ0n) is 12.0. The van der Waals surface area contributed by atoms with Crippen LogP contribution in [0.2, 0.25) is 0 Å². The molecule has 0 aromatic carbocycles. The fourth-order valence-corrected chi connectivity index (χ4v) is 3.23. The minimum absolute atomic E-state index is 0.762. The first kappa shape index (κ1) is 14.9. The fraction of sp³-hybridized carbons (Fsp3) is 0.786. The predicted molar refractivity (Wildman–Crippen MR) is 79.4 cm³/mol. The van der Waals surface area contributed by atoms with Crippen molar-refractivity contribution in [2.45, 2.75) is 32.9 Å². The molecule has 1 aliphatic rings. The second-order valence-corrected chi connectivity index (χ2v) is 6.55. The van der Waals surface area contributed by atoms with Gasteiger partial charge in [-0.15, -0.1) is 11.3 Å². The van der Waals surface area contributed by atoms with Crippen LogP contribution in [0.1, 0.15) is 29.7 Å². The Bertz CT molecular complexity index is 361. The lowest BCUT2D eigenvalue weighted by atomic mass is 9.99. The molecule has 0 saturated carbocycles. The molecule has 2 heterocycles. The standard InChI is InChI=1S/C14H25N3OS/c1-12-3-6-17(7-4-12)11-14-16-10-13(19-14)9-15-5-8-18-2/h10,12,15H,3-9,11H2,1-2H3. The number of likely N-dealkylation sites (tertiary alicyclic amines) is 1. The Kier molecular flexibility index (Phi) is 6.23. The quantitative estimate of drug-likeness (QED) is 0.778. The Balaban J connectivity index is 1.71. The Hall–Kier alpha value is -0.490. The number of thiazole rings is 1. The van der Waals surface area contributed by atoms with Crippen molar-refractivity contribution in [3.05, 3.63) is 16.1 Å². The van der Waals surface area contributed by atoms with Crippen LogP contribution in [0, 0.1) is 5.92 Å². The lowest BCUT2D eigenvalue weighted by Crippen LogP contribution is -2.32. The van der Waals surface area contributed by atoms with E-state index in [1.165, 1.54) is 35.8 Å². The molecule has 1 aliphatic heterocycles. The van der Waals surface area contributed by atoms with Crippen molar-refractivity contribution in [2.24, 2.45) is 5.92 Å². The van der Waals surface area contributed by atoms with E-state index in [2.05, 4.69) is 22.1 Å². The van der Waals surface area contributed by atoms with E-state index in [9.17, 15) is 0 Å². The first-order valence-electron chi connectivity index (χ1n) is 7.13. The van der Waals surface area contributed by atoms with E-state index in [4.69, 9.17) is 4.74 Å². The maximum Gasteiger partial charge on any atom is 0.107 e. The maximum atomic E-state index is 5.01. The van der Waals surface area contributed by atoms with E-state index < -0.39 is 0 Å². The molecular formula is C14H25N3OS. The average molecular weight is 283 g/mol. The highest BCUT2D eigenvalue weighted by molar-refractivity contribution is 7.11. The number of methoxy groups -OCH3 is 1. The van der Waals surface area contributed by atoms with Crippen LogP contribution >= 0.6 is 11.3 Å². The first-order valence-corrected chi connectivity index (χ1v) is 7.95. The summed E-state index contributed by atoms with van der Waals surface area (Å²) in [5.41, 5.74) is 0. The predicted octanol–water partition coefficient (Wildman–Crippen LogP) is 2.11. The highest BCUT2D eigenvalue weighted by atomic mass is 32.1. The van der Waals surface area contributed by atoms with Crippen LogP contribution < -0.4 is 5.32 Å². The van der Waals surface area contributed by atoms with Crippen molar-refractivity contribution in [3.8, 4) is 0 Å². The second-order valence-electron chi connectivity index (χ2n) is 5.35. The van der Waals surface area contributed by atoms with Crippen molar-refractivity contribution in [3.63, 3.8) is 0 Å². The van der Waals surface area contributed by atoms with Gasteiger partial charge in [0.25, 0.3) is 0 Å². The Morgan fingerprint density at radius 2 is 2.26 bits per heavy atom. The van der Waals surface area contributed by atoms with Gasteiger partial charge in [0.2, 0.25) is 0 Å². The van der Waals surface area contributed by atoms with Crippen LogP contribution in [-0.2, 0) is 17.8 Å². The van der Waals surface area contributed by atoms with Gasteiger partial charge in [-0.3, -0.25) is 4.90 Å². The van der Waals surface area contributed by atoms with Gasteiger partial charge >= 0.3 is 0 Å². The van der Waals surface area contributed by atoms with Crippen molar-refractivity contribution >= 4 is 11.3 Å². The van der Waals surface area contributed by atoms with Gasteiger partial charge in [0, 0.05) is 31.3 Å². The highest BCUT2D eigenvalue weighted by Gasteiger charge is 2.16. The number of nitrogens with zero attached hydrogens (tertiary/aromatic N) is 2. The van der Waals surface area contributed by atoms with Crippen molar-refractivity contribution < 1.29 is 4.74 Å². The number of nitrogens with one attached hydrogen (secondary N) is 1. The van der Waals surface area contributed by atoms with Crippen LogP contribution in [0.15, 0.2) is 6.20 Å². The molecule has 0 atom stereocenters. The molecule has 1 N–H and O–H groups in total. The lowest BCUT2D eigenvalue weighted by molar-refractivity contribution is 0.185. The summed E-state index contributed by atoms with van der Waals surface area (Å²) in [7, 11) is 1.73. The minimum Gasteiger partial charge on any atom is -0.383 e. The number of piperidine rings is 1. The number of hydrogen-bond acceptors (Lipinski definition) is 5. The van der Waals surface area contributed by atoms with E-state index in [-0.39, 0.29) is 0 Å². The van der Waals surface area contributed by atoms with Gasteiger partial charge in [0.15, 0.2) is 0 Å². The molecule has 0 aliphatic carbocycles. The van der Waals surface area contributed by atoms with Crippen LogP contribution in [0.25, 0.3) is 0 Å². The summed E-state index contributed by atoms with van der Waals surface area (Å²) < 4.78 is 5.01. The van der Waals surface area contributed by atoms with Crippen molar-refractivity contribution in [2.75, 3.05) is 33.4 Å². The summed E-state index contributed by atoms with van der Waals surface area (Å²) in [4.78, 5) is 8.38. The van der Waals surface area contributed by atoms with Crippen LogP contribution in [0.4, 0.5) is 0 Å². The third-order valence-corrected chi connectivity index (χ3v) is 4.60. The molecule has 1 fully saturated rings. The third-order valence-electron chi connectivity index (χ3n) is 3.62. The summed E-state index contributed by atoms with van der Waals surface area (Å²) >= 11 is 1.83. The smallest absolute Gasteiger partial charge is 0.107 e. The number of ether oxygens (including phenoxy) is 1. The van der Waals surface area contributed by atoms with Crippen LogP contribution in [-0.4, -0.2) is 43.2 Å². The number of rotatable bonds is 7. The molecule has 4 nitrogen and oxygen atoms in total. The summed E-state index contributed by atoms with van der Waals surface area (Å²) in [6, 6.07) is 0. The van der Waals surface area contributed by atoms with E-state index in [1.807, 2.05) is 17.5 Å². The van der Waals surface area contributed by atoms with Gasteiger partial charge in [-0.25, -0.2) is 4.98 Å². The maximum absolute atomic E-state index is 5.01. The second kappa shape index (κ2) is 7.94. The van der Waals surface area contributed by atoms with E-state index in [0.717, 1.165) is 32.2 Å². The molecule has 1 aromatic heterocycles. The Labute approximate surface area is 120 Å². The topological polar surface area (TPSA) is 37.4 Å². The zero-order valence-corrected chi connectivity index (χ0v) is 12.8. The molecule has 1 aromatic rings. The van der Waals surface area contributed by atoms with Gasteiger partial charge in [0.1, 0.15) is 5.01 Å². The fourth-order valence-electron chi connectivity index (χ4n) is 2.30.